The summed E-state index contributed by atoms with van der Waals surface area (Å²) in [6.07, 6.45) is 4.56. The highest BCUT2D eigenvalue weighted by Crippen LogP contribution is 2.29. The van der Waals surface area contributed by atoms with E-state index in [1.807, 2.05) is 6.92 Å². The van der Waals surface area contributed by atoms with Crippen LogP contribution in [-0.4, -0.2) is 28.6 Å². The minimum atomic E-state index is -0.447. The lowest BCUT2D eigenvalue weighted by atomic mass is 10.2. The van der Waals surface area contributed by atoms with Crippen LogP contribution in [0, 0.1) is 10.1 Å². The summed E-state index contributed by atoms with van der Waals surface area (Å²) < 4.78 is 11.5. The highest BCUT2D eigenvalue weighted by Gasteiger charge is 2.09. The number of benzene rings is 2. The number of carbonyl (C=O) groups is 1. The predicted octanol–water partition coefficient (Wildman–Crippen LogP) is 3.73. The SMILES string of the molecule is CCOc1cc(/C=N/NC(=O)c2ccncc2)ccc1OCc1ccc([N+](=O)[O-])cc1. The fourth-order valence-corrected chi connectivity index (χ4v) is 2.60. The molecule has 2 aromatic carbocycles. The number of hydrogen-bond acceptors (Lipinski definition) is 7. The molecule has 0 unspecified atom stereocenters. The van der Waals surface area contributed by atoms with Gasteiger partial charge in [-0.05, 0) is 60.5 Å². The molecule has 3 aromatic rings. The van der Waals surface area contributed by atoms with Gasteiger partial charge in [-0.2, -0.15) is 5.10 Å². The number of nitrogens with one attached hydrogen (secondary N) is 1. The Morgan fingerprint density at radius 2 is 1.84 bits per heavy atom. The number of hydrazone groups is 1. The van der Waals surface area contributed by atoms with Gasteiger partial charge in [0.05, 0.1) is 17.7 Å². The van der Waals surface area contributed by atoms with E-state index in [9.17, 15) is 14.9 Å². The number of pyridine rings is 1. The Labute approximate surface area is 178 Å². The van der Waals surface area contributed by atoms with E-state index >= 15 is 0 Å². The molecule has 9 nitrogen and oxygen atoms in total. The second-order valence-electron chi connectivity index (χ2n) is 6.29. The van der Waals surface area contributed by atoms with Crippen LogP contribution in [-0.2, 0) is 6.61 Å². The Morgan fingerprint density at radius 3 is 2.52 bits per heavy atom. The number of aromatic nitrogens is 1. The van der Waals surface area contributed by atoms with Gasteiger partial charge in [0.25, 0.3) is 11.6 Å². The van der Waals surface area contributed by atoms with Crippen molar-refractivity contribution >= 4 is 17.8 Å². The number of non-ortho nitro benzene ring substituents is 1. The molecule has 0 saturated carbocycles. The normalized spacial score (nSPS) is 10.6. The van der Waals surface area contributed by atoms with E-state index in [1.165, 1.54) is 30.7 Å². The van der Waals surface area contributed by atoms with Crippen LogP contribution in [0.1, 0.15) is 28.4 Å². The Kier molecular flexibility index (Phi) is 7.26. The first-order chi connectivity index (χ1) is 15.1. The number of carbonyl (C=O) groups excluding carboxylic acids is 1. The summed E-state index contributed by atoms with van der Waals surface area (Å²) in [6.45, 7) is 2.52. The standard InChI is InChI=1S/C22H20N4O5/c1-2-30-21-13-17(14-24-25-22(27)18-9-11-23-12-10-18)5-8-20(21)31-15-16-3-6-19(7-4-16)26(28)29/h3-14H,2,15H2,1H3,(H,25,27)/b24-14+. The third-order valence-electron chi connectivity index (χ3n) is 4.13. The van der Waals surface area contributed by atoms with Crippen LogP contribution < -0.4 is 14.9 Å². The molecule has 1 heterocycles. The Bertz CT molecular complexity index is 1070. The van der Waals surface area contributed by atoms with Gasteiger partial charge in [0.15, 0.2) is 11.5 Å². The summed E-state index contributed by atoms with van der Waals surface area (Å²) in [5, 5.41) is 14.7. The van der Waals surface area contributed by atoms with E-state index in [1.54, 1.807) is 42.5 Å². The maximum Gasteiger partial charge on any atom is 0.271 e. The van der Waals surface area contributed by atoms with E-state index in [4.69, 9.17) is 9.47 Å². The molecule has 0 aliphatic rings. The highest BCUT2D eigenvalue weighted by atomic mass is 16.6. The Morgan fingerprint density at radius 1 is 1.10 bits per heavy atom. The van der Waals surface area contributed by atoms with E-state index in [-0.39, 0.29) is 18.2 Å². The number of nitro groups is 1. The summed E-state index contributed by atoms with van der Waals surface area (Å²) in [6, 6.07) is 14.6. The van der Waals surface area contributed by atoms with Gasteiger partial charge < -0.3 is 9.47 Å². The molecule has 1 amide bonds. The van der Waals surface area contributed by atoms with Gasteiger partial charge in [-0.25, -0.2) is 5.43 Å². The summed E-state index contributed by atoms with van der Waals surface area (Å²) in [7, 11) is 0. The molecule has 0 fully saturated rings. The van der Waals surface area contributed by atoms with Crippen LogP contribution in [0.2, 0.25) is 0 Å². The monoisotopic (exact) mass is 420 g/mol. The van der Waals surface area contributed by atoms with Crippen molar-refractivity contribution in [1.29, 1.82) is 0 Å². The molecule has 158 valence electrons. The molecule has 0 radical (unpaired) electrons. The molecule has 0 aliphatic carbocycles. The lowest BCUT2D eigenvalue weighted by Gasteiger charge is -2.12. The topological polar surface area (TPSA) is 116 Å². The van der Waals surface area contributed by atoms with Crippen LogP contribution >= 0.6 is 0 Å². The first-order valence-corrected chi connectivity index (χ1v) is 9.43. The maximum absolute atomic E-state index is 12.0. The van der Waals surface area contributed by atoms with E-state index in [0.717, 1.165) is 5.56 Å². The molecule has 1 N–H and O–H groups in total. The summed E-state index contributed by atoms with van der Waals surface area (Å²) >= 11 is 0. The van der Waals surface area contributed by atoms with Crippen molar-refractivity contribution in [3.63, 3.8) is 0 Å². The van der Waals surface area contributed by atoms with Crippen LogP contribution in [0.3, 0.4) is 0 Å². The zero-order valence-corrected chi connectivity index (χ0v) is 16.7. The number of rotatable bonds is 9. The van der Waals surface area contributed by atoms with Gasteiger partial charge >= 0.3 is 0 Å². The van der Waals surface area contributed by atoms with Crippen molar-refractivity contribution in [3.05, 3.63) is 93.8 Å². The lowest BCUT2D eigenvalue weighted by Crippen LogP contribution is -2.17. The minimum absolute atomic E-state index is 0.0263. The second-order valence-corrected chi connectivity index (χ2v) is 6.29. The largest absolute Gasteiger partial charge is 0.490 e. The molecule has 0 spiro atoms. The average molecular weight is 420 g/mol. The molecule has 0 bridgehead atoms. The van der Waals surface area contributed by atoms with Crippen molar-refractivity contribution in [2.75, 3.05) is 6.61 Å². The third-order valence-corrected chi connectivity index (χ3v) is 4.13. The molecule has 0 aliphatic heterocycles. The first-order valence-electron chi connectivity index (χ1n) is 9.43. The van der Waals surface area contributed by atoms with Crippen molar-refractivity contribution in [1.82, 2.24) is 10.4 Å². The molecule has 31 heavy (non-hydrogen) atoms. The second kappa shape index (κ2) is 10.5. The summed E-state index contributed by atoms with van der Waals surface area (Å²) in [5.41, 5.74) is 4.44. The fourth-order valence-electron chi connectivity index (χ4n) is 2.60. The van der Waals surface area contributed by atoms with E-state index in [2.05, 4.69) is 15.5 Å². The van der Waals surface area contributed by atoms with E-state index < -0.39 is 4.92 Å². The van der Waals surface area contributed by atoms with Gasteiger partial charge in [0.1, 0.15) is 6.61 Å². The van der Waals surface area contributed by atoms with Gasteiger partial charge in [-0.15, -0.1) is 0 Å². The van der Waals surface area contributed by atoms with Crippen LogP contribution in [0.5, 0.6) is 11.5 Å². The van der Waals surface area contributed by atoms with E-state index in [0.29, 0.717) is 29.2 Å². The first kappa shape index (κ1) is 21.4. The number of amides is 1. The van der Waals surface area contributed by atoms with Crippen LogP contribution in [0.4, 0.5) is 5.69 Å². The van der Waals surface area contributed by atoms with Gasteiger partial charge in [0.2, 0.25) is 0 Å². The number of ether oxygens (including phenoxy) is 2. The van der Waals surface area contributed by atoms with Crippen LogP contribution in [0.15, 0.2) is 72.1 Å². The number of nitro benzene ring substituents is 1. The quantitative estimate of drug-likeness (QED) is 0.320. The van der Waals surface area contributed by atoms with Crippen molar-refractivity contribution < 1.29 is 19.2 Å². The maximum atomic E-state index is 12.0. The summed E-state index contributed by atoms with van der Waals surface area (Å²) in [5.74, 6) is 0.707. The molecule has 1 aromatic heterocycles. The molecule has 0 atom stereocenters. The third kappa shape index (κ3) is 6.10. The number of nitrogens with zero attached hydrogens (tertiary/aromatic N) is 3. The molecule has 3 rings (SSSR count). The van der Waals surface area contributed by atoms with Crippen molar-refractivity contribution in [2.45, 2.75) is 13.5 Å². The predicted molar refractivity (Wildman–Crippen MR) is 114 cm³/mol. The number of hydrogen-bond donors (Lipinski definition) is 1. The molecule has 0 saturated heterocycles. The fraction of sp³-hybridized carbons (Fsp3) is 0.136. The molecule has 9 heteroatoms. The van der Waals surface area contributed by atoms with Gasteiger partial charge in [-0.3, -0.25) is 19.9 Å². The zero-order valence-electron chi connectivity index (χ0n) is 16.7. The Hall–Kier alpha value is -4.27. The molecular formula is C22H20N4O5. The summed E-state index contributed by atoms with van der Waals surface area (Å²) in [4.78, 5) is 26.2. The average Bonchev–Trinajstić information content (AvgIpc) is 2.79. The Balaban J connectivity index is 1.64. The van der Waals surface area contributed by atoms with Gasteiger partial charge in [0, 0.05) is 30.1 Å². The lowest BCUT2D eigenvalue weighted by molar-refractivity contribution is -0.384. The van der Waals surface area contributed by atoms with Gasteiger partial charge in [-0.1, -0.05) is 0 Å². The van der Waals surface area contributed by atoms with Crippen molar-refractivity contribution in [2.24, 2.45) is 5.10 Å². The highest BCUT2D eigenvalue weighted by molar-refractivity contribution is 5.94. The molecular weight excluding hydrogens is 400 g/mol. The van der Waals surface area contributed by atoms with Crippen LogP contribution in [0.25, 0.3) is 0 Å². The smallest absolute Gasteiger partial charge is 0.271 e. The minimum Gasteiger partial charge on any atom is -0.490 e. The zero-order chi connectivity index (χ0) is 22.1. The van der Waals surface area contributed by atoms with Crippen molar-refractivity contribution in [3.8, 4) is 11.5 Å².